The van der Waals surface area contributed by atoms with Crippen LogP contribution >= 0.6 is 23.1 Å². The number of hydrogen-bond acceptors (Lipinski definition) is 4. The van der Waals surface area contributed by atoms with Crippen LogP contribution < -0.4 is 0 Å². The smallest absolute Gasteiger partial charge is 0.160 e. The van der Waals surface area contributed by atoms with Gasteiger partial charge >= 0.3 is 0 Å². The fraction of sp³-hybridized carbons (Fsp3) is 0.0213. The predicted molar refractivity (Wildman–Crippen MR) is 213 cm³/mol. The van der Waals surface area contributed by atoms with E-state index in [0.717, 1.165) is 33.9 Å². The second kappa shape index (κ2) is 11.1. The molecule has 1 atom stereocenters. The van der Waals surface area contributed by atoms with E-state index >= 15 is 0 Å². The lowest BCUT2D eigenvalue weighted by Crippen LogP contribution is -2.32. The standard InChI is InChI=1S/C47H28N2S2/c1-3-13-29(14-4-1)38-28-39(30-15-5-2-6-16-30)49-46(48-38)31-23-25-42-37(27-31)47(35-20-10-12-22-41(35)51-42)34-19-9-7-17-32(34)44-36(47)24-26-43-45(44)33-18-8-11-21-40(33)50-43/h1-28H. The van der Waals surface area contributed by atoms with Crippen LogP contribution in [-0.2, 0) is 5.41 Å². The molecule has 2 aromatic heterocycles. The summed E-state index contributed by atoms with van der Waals surface area (Å²) in [7, 11) is 0. The number of hydrogen-bond donors (Lipinski definition) is 0. The van der Waals surface area contributed by atoms with E-state index < -0.39 is 5.41 Å². The quantitative estimate of drug-likeness (QED) is 0.185. The number of thiophene rings is 1. The fourth-order valence-electron chi connectivity index (χ4n) is 8.43. The van der Waals surface area contributed by atoms with E-state index in [4.69, 9.17) is 9.97 Å². The molecule has 1 unspecified atom stereocenters. The molecule has 11 rings (SSSR count). The molecule has 2 aliphatic rings. The van der Waals surface area contributed by atoms with Gasteiger partial charge in [0, 0.05) is 46.7 Å². The molecule has 1 aliphatic heterocycles. The lowest BCUT2D eigenvalue weighted by Gasteiger charge is -2.40. The average Bonchev–Trinajstić information content (AvgIpc) is 3.72. The zero-order valence-corrected chi connectivity index (χ0v) is 29.0. The van der Waals surface area contributed by atoms with Gasteiger partial charge in [0.15, 0.2) is 5.82 Å². The second-order valence-electron chi connectivity index (χ2n) is 13.3. The van der Waals surface area contributed by atoms with E-state index in [2.05, 4.69) is 158 Å². The van der Waals surface area contributed by atoms with E-state index in [0.29, 0.717) is 0 Å². The molecule has 9 aromatic rings. The highest BCUT2D eigenvalue weighted by molar-refractivity contribution is 7.99. The van der Waals surface area contributed by atoms with Gasteiger partial charge in [-0.3, -0.25) is 0 Å². The molecule has 1 spiro atoms. The fourth-order valence-corrected chi connectivity index (χ4v) is 10.7. The van der Waals surface area contributed by atoms with Gasteiger partial charge < -0.3 is 0 Å². The molecule has 51 heavy (non-hydrogen) atoms. The van der Waals surface area contributed by atoms with Crippen molar-refractivity contribution in [1.29, 1.82) is 0 Å². The first-order valence-corrected chi connectivity index (χ1v) is 18.9. The molecule has 0 bridgehead atoms. The van der Waals surface area contributed by atoms with E-state index in [1.807, 2.05) is 35.2 Å². The molecule has 0 radical (unpaired) electrons. The van der Waals surface area contributed by atoms with Crippen LogP contribution in [0.4, 0.5) is 0 Å². The van der Waals surface area contributed by atoms with Gasteiger partial charge in [-0.1, -0.05) is 145 Å². The lowest BCUT2D eigenvalue weighted by atomic mass is 9.67. The highest BCUT2D eigenvalue weighted by Gasteiger charge is 2.51. The summed E-state index contributed by atoms with van der Waals surface area (Å²) in [6.45, 7) is 0. The minimum atomic E-state index is -0.504. The van der Waals surface area contributed by atoms with Crippen LogP contribution in [-0.4, -0.2) is 9.97 Å². The van der Waals surface area contributed by atoms with Gasteiger partial charge in [0.1, 0.15) is 0 Å². The van der Waals surface area contributed by atoms with Gasteiger partial charge in [0.05, 0.1) is 16.8 Å². The Bertz CT molecular complexity index is 2780. The molecule has 238 valence electrons. The van der Waals surface area contributed by atoms with Gasteiger partial charge in [0.2, 0.25) is 0 Å². The molecule has 3 heterocycles. The van der Waals surface area contributed by atoms with Crippen LogP contribution in [0.2, 0.25) is 0 Å². The first kappa shape index (κ1) is 29.0. The maximum absolute atomic E-state index is 5.25. The third kappa shape index (κ3) is 4.18. The van der Waals surface area contributed by atoms with Crippen molar-refractivity contribution >= 4 is 43.3 Å². The molecule has 0 saturated carbocycles. The van der Waals surface area contributed by atoms with Crippen molar-refractivity contribution in [3.05, 3.63) is 192 Å². The van der Waals surface area contributed by atoms with Gasteiger partial charge in [0.25, 0.3) is 0 Å². The SMILES string of the molecule is c1ccc(-c2cc(-c3ccccc3)nc(-c3ccc4c(c3)C3(c5ccccc5S4)c4ccccc4-c4c3ccc3sc5ccccc5c43)n2)cc1. The average molecular weight is 685 g/mol. The summed E-state index contributed by atoms with van der Waals surface area (Å²) < 4.78 is 2.65. The van der Waals surface area contributed by atoms with Crippen molar-refractivity contribution in [2.75, 3.05) is 0 Å². The maximum Gasteiger partial charge on any atom is 0.160 e. The summed E-state index contributed by atoms with van der Waals surface area (Å²) in [4.78, 5) is 13.1. The third-order valence-corrected chi connectivity index (χ3v) is 12.9. The van der Waals surface area contributed by atoms with Crippen LogP contribution in [0.15, 0.2) is 180 Å². The van der Waals surface area contributed by atoms with Crippen molar-refractivity contribution in [3.63, 3.8) is 0 Å². The highest BCUT2D eigenvalue weighted by atomic mass is 32.2. The number of benzene rings is 7. The van der Waals surface area contributed by atoms with Crippen LogP contribution in [0.25, 0.3) is 65.2 Å². The number of aromatic nitrogens is 2. The first-order valence-electron chi connectivity index (χ1n) is 17.2. The Morgan fingerprint density at radius 2 is 1.08 bits per heavy atom. The molecule has 0 N–H and O–H groups in total. The molecular formula is C47H28N2S2. The van der Waals surface area contributed by atoms with Crippen molar-refractivity contribution in [3.8, 4) is 45.0 Å². The van der Waals surface area contributed by atoms with Gasteiger partial charge in [-0.15, -0.1) is 11.3 Å². The second-order valence-corrected chi connectivity index (χ2v) is 15.4. The van der Waals surface area contributed by atoms with Crippen molar-refractivity contribution in [2.24, 2.45) is 0 Å². The minimum absolute atomic E-state index is 0.504. The summed E-state index contributed by atoms with van der Waals surface area (Å²) in [5, 5.41) is 2.69. The molecule has 0 fully saturated rings. The largest absolute Gasteiger partial charge is 0.228 e. The van der Waals surface area contributed by atoms with E-state index in [9.17, 15) is 0 Å². The Morgan fingerprint density at radius 3 is 1.86 bits per heavy atom. The van der Waals surface area contributed by atoms with Crippen molar-refractivity contribution in [1.82, 2.24) is 9.97 Å². The normalized spacial score (nSPS) is 15.5. The molecule has 0 saturated heterocycles. The van der Waals surface area contributed by atoms with E-state index in [-0.39, 0.29) is 0 Å². The van der Waals surface area contributed by atoms with Gasteiger partial charge in [-0.25, -0.2) is 9.97 Å². The molecule has 1 aliphatic carbocycles. The Morgan fingerprint density at radius 1 is 0.431 bits per heavy atom. The molecule has 2 nitrogen and oxygen atoms in total. The topological polar surface area (TPSA) is 25.8 Å². The Kier molecular flexibility index (Phi) is 6.30. The summed E-state index contributed by atoms with van der Waals surface area (Å²) >= 11 is 3.75. The Hall–Kier alpha value is -5.81. The molecule has 7 aromatic carbocycles. The molecular weight excluding hydrogens is 657 g/mol. The van der Waals surface area contributed by atoms with Gasteiger partial charge in [-0.2, -0.15) is 0 Å². The zero-order valence-electron chi connectivity index (χ0n) is 27.4. The van der Waals surface area contributed by atoms with Crippen LogP contribution in [0.1, 0.15) is 22.3 Å². The molecule has 4 heteroatoms. The van der Waals surface area contributed by atoms with Crippen LogP contribution in [0.3, 0.4) is 0 Å². The number of fused-ring (bicyclic) bond motifs is 13. The van der Waals surface area contributed by atoms with E-state index in [1.54, 1.807) is 0 Å². The van der Waals surface area contributed by atoms with Crippen LogP contribution in [0.5, 0.6) is 0 Å². The molecule has 0 amide bonds. The Labute approximate surface area is 304 Å². The Balaban J connectivity index is 1.22. The third-order valence-electron chi connectivity index (χ3n) is 10.6. The summed E-state index contributed by atoms with van der Waals surface area (Å²) in [5.74, 6) is 0.725. The van der Waals surface area contributed by atoms with Crippen molar-refractivity contribution < 1.29 is 0 Å². The summed E-state index contributed by atoms with van der Waals surface area (Å²) in [6, 6.07) is 61.6. The monoisotopic (exact) mass is 684 g/mol. The highest BCUT2D eigenvalue weighted by Crippen LogP contribution is 2.64. The van der Waals surface area contributed by atoms with Crippen molar-refractivity contribution in [2.45, 2.75) is 15.2 Å². The minimum Gasteiger partial charge on any atom is -0.228 e. The van der Waals surface area contributed by atoms with Crippen LogP contribution in [0, 0.1) is 0 Å². The lowest BCUT2D eigenvalue weighted by molar-refractivity contribution is 0.723. The predicted octanol–water partition coefficient (Wildman–Crippen LogP) is 12.7. The van der Waals surface area contributed by atoms with E-state index in [1.165, 1.54) is 63.3 Å². The van der Waals surface area contributed by atoms with Gasteiger partial charge in [-0.05, 0) is 69.8 Å². The maximum atomic E-state index is 5.25. The number of nitrogens with zero attached hydrogens (tertiary/aromatic N) is 2. The summed E-state index contributed by atoms with van der Waals surface area (Å²) in [6.07, 6.45) is 0. The number of rotatable bonds is 3. The zero-order chi connectivity index (χ0) is 33.5. The first-order chi connectivity index (χ1) is 25.3. The summed E-state index contributed by atoms with van der Waals surface area (Å²) in [5.41, 5.74) is 12.4.